The smallest absolute Gasteiger partial charge is 0.246 e. The summed E-state index contributed by atoms with van der Waals surface area (Å²) in [7, 11) is -2.23. The van der Waals surface area contributed by atoms with Crippen LogP contribution in [0.15, 0.2) is 17.0 Å². The SMILES string of the molecule is CN1CCN(S(=O)(=O)c2cc(N)cc(F)c2F)CC1(C)C. The van der Waals surface area contributed by atoms with Crippen LogP contribution >= 0.6 is 0 Å². The third-order valence-corrected chi connectivity index (χ3v) is 5.76. The molecule has 21 heavy (non-hydrogen) atoms. The Morgan fingerprint density at radius 3 is 2.43 bits per heavy atom. The van der Waals surface area contributed by atoms with E-state index in [0.29, 0.717) is 6.54 Å². The maximum atomic E-state index is 13.9. The first-order valence-corrected chi connectivity index (χ1v) is 7.95. The van der Waals surface area contributed by atoms with E-state index in [9.17, 15) is 17.2 Å². The van der Waals surface area contributed by atoms with Gasteiger partial charge in [-0.05, 0) is 33.0 Å². The van der Waals surface area contributed by atoms with E-state index in [2.05, 4.69) is 0 Å². The number of nitrogens with zero attached hydrogens (tertiary/aromatic N) is 2. The molecule has 1 aromatic carbocycles. The molecule has 1 aliphatic rings. The van der Waals surface area contributed by atoms with Gasteiger partial charge in [0.2, 0.25) is 10.0 Å². The van der Waals surface area contributed by atoms with Crippen molar-refractivity contribution < 1.29 is 17.2 Å². The summed E-state index contributed by atoms with van der Waals surface area (Å²) < 4.78 is 53.5. The van der Waals surface area contributed by atoms with Crippen LogP contribution in [0.2, 0.25) is 0 Å². The first-order valence-electron chi connectivity index (χ1n) is 6.51. The van der Waals surface area contributed by atoms with Crippen LogP contribution in [0.4, 0.5) is 14.5 Å². The molecule has 5 nitrogen and oxygen atoms in total. The van der Waals surface area contributed by atoms with Crippen LogP contribution in [0.1, 0.15) is 13.8 Å². The summed E-state index contributed by atoms with van der Waals surface area (Å²) in [6.07, 6.45) is 0. The number of nitrogen functional groups attached to an aromatic ring is 1. The van der Waals surface area contributed by atoms with Gasteiger partial charge >= 0.3 is 0 Å². The second-order valence-electron chi connectivity index (χ2n) is 5.89. The highest BCUT2D eigenvalue weighted by atomic mass is 32.2. The average molecular weight is 319 g/mol. The van der Waals surface area contributed by atoms with Crippen molar-refractivity contribution in [3.63, 3.8) is 0 Å². The average Bonchev–Trinajstić information content (AvgIpc) is 2.36. The number of hydrogen-bond acceptors (Lipinski definition) is 4. The predicted molar refractivity (Wildman–Crippen MR) is 76.2 cm³/mol. The van der Waals surface area contributed by atoms with Gasteiger partial charge in [0, 0.05) is 30.9 Å². The normalized spacial score (nSPS) is 20.6. The molecule has 0 spiro atoms. The van der Waals surface area contributed by atoms with Crippen molar-refractivity contribution in [1.29, 1.82) is 0 Å². The van der Waals surface area contributed by atoms with Crippen molar-refractivity contribution in [3.8, 4) is 0 Å². The van der Waals surface area contributed by atoms with Crippen LogP contribution < -0.4 is 5.73 Å². The fourth-order valence-corrected chi connectivity index (χ4v) is 4.01. The van der Waals surface area contributed by atoms with Gasteiger partial charge in [0.25, 0.3) is 0 Å². The Hall–Kier alpha value is -1.25. The number of likely N-dealkylation sites (N-methyl/N-ethyl adjacent to an activating group) is 1. The highest BCUT2D eigenvalue weighted by Gasteiger charge is 2.38. The molecule has 0 aliphatic carbocycles. The van der Waals surface area contributed by atoms with E-state index in [-0.39, 0.29) is 24.3 Å². The fraction of sp³-hybridized carbons (Fsp3) is 0.538. The van der Waals surface area contributed by atoms with E-state index in [4.69, 9.17) is 5.73 Å². The monoisotopic (exact) mass is 319 g/mol. The number of piperazine rings is 1. The number of halogens is 2. The van der Waals surface area contributed by atoms with Crippen molar-refractivity contribution >= 4 is 15.7 Å². The maximum Gasteiger partial charge on any atom is 0.246 e. The summed E-state index contributed by atoms with van der Waals surface area (Å²) in [5.41, 5.74) is 4.92. The van der Waals surface area contributed by atoms with Crippen molar-refractivity contribution in [2.45, 2.75) is 24.3 Å². The molecule has 0 radical (unpaired) electrons. The van der Waals surface area contributed by atoms with Gasteiger partial charge in [0.1, 0.15) is 4.90 Å². The molecule has 1 heterocycles. The Kier molecular flexibility index (Phi) is 3.98. The summed E-state index contributed by atoms with van der Waals surface area (Å²) in [6.45, 7) is 4.72. The Morgan fingerprint density at radius 1 is 1.24 bits per heavy atom. The first kappa shape index (κ1) is 16.1. The van der Waals surface area contributed by atoms with E-state index in [1.54, 1.807) is 0 Å². The minimum atomic E-state index is -4.12. The molecule has 1 fully saturated rings. The number of benzene rings is 1. The first-order chi connectivity index (χ1) is 9.55. The molecule has 0 amide bonds. The van der Waals surface area contributed by atoms with Crippen LogP contribution in [0.3, 0.4) is 0 Å². The van der Waals surface area contributed by atoms with Gasteiger partial charge in [-0.3, -0.25) is 4.90 Å². The van der Waals surface area contributed by atoms with E-state index < -0.39 is 26.6 Å². The molecule has 1 aliphatic heterocycles. The van der Waals surface area contributed by atoms with E-state index in [1.165, 1.54) is 4.31 Å². The molecule has 0 aromatic heterocycles. The number of anilines is 1. The summed E-state index contributed by atoms with van der Waals surface area (Å²) in [5.74, 6) is -2.65. The van der Waals surface area contributed by atoms with E-state index in [0.717, 1.165) is 12.1 Å². The third-order valence-electron chi connectivity index (χ3n) is 3.92. The quantitative estimate of drug-likeness (QED) is 0.834. The van der Waals surface area contributed by atoms with Crippen LogP contribution in [-0.2, 0) is 10.0 Å². The Morgan fingerprint density at radius 2 is 1.86 bits per heavy atom. The van der Waals surface area contributed by atoms with Crippen LogP contribution in [-0.4, -0.2) is 49.8 Å². The molecule has 2 N–H and O–H groups in total. The third kappa shape index (κ3) is 2.88. The largest absolute Gasteiger partial charge is 0.399 e. The lowest BCUT2D eigenvalue weighted by Crippen LogP contribution is -2.58. The number of sulfonamides is 1. The molecule has 118 valence electrons. The lowest BCUT2D eigenvalue weighted by Gasteiger charge is -2.44. The molecule has 0 saturated carbocycles. The fourth-order valence-electron chi connectivity index (χ4n) is 2.31. The van der Waals surface area contributed by atoms with Gasteiger partial charge in [0.05, 0.1) is 0 Å². The molecule has 0 atom stereocenters. The van der Waals surface area contributed by atoms with Gasteiger partial charge in [-0.1, -0.05) is 0 Å². The number of rotatable bonds is 2. The van der Waals surface area contributed by atoms with Gasteiger partial charge in [-0.2, -0.15) is 4.31 Å². The Bertz CT molecular complexity index is 662. The van der Waals surface area contributed by atoms with Crippen LogP contribution in [0, 0.1) is 11.6 Å². The minimum absolute atomic E-state index is 0.124. The Balaban J connectivity index is 2.44. The predicted octanol–water partition coefficient (Wildman–Crippen LogP) is 1.26. The highest BCUT2D eigenvalue weighted by molar-refractivity contribution is 7.89. The van der Waals surface area contributed by atoms with E-state index >= 15 is 0 Å². The van der Waals surface area contributed by atoms with Crippen molar-refractivity contribution in [2.24, 2.45) is 0 Å². The molecule has 2 rings (SSSR count). The number of nitrogens with two attached hydrogens (primary N) is 1. The topological polar surface area (TPSA) is 66.6 Å². The minimum Gasteiger partial charge on any atom is -0.399 e. The van der Waals surface area contributed by atoms with Crippen LogP contribution in [0.25, 0.3) is 0 Å². The standard InChI is InChI=1S/C13H19F2N3O2S/c1-13(2)8-18(5-4-17(13)3)21(19,20)11-7-9(16)6-10(14)12(11)15/h6-7H,4-5,8,16H2,1-3H3. The zero-order chi connectivity index (χ0) is 16.0. The summed E-state index contributed by atoms with van der Waals surface area (Å²) in [5, 5.41) is 0. The van der Waals surface area contributed by atoms with Crippen LogP contribution in [0.5, 0.6) is 0 Å². The molecule has 1 saturated heterocycles. The highest BCUT2D eigenvalue weighted by Crippen LogP contribution is 2.28. The lowest BCUT2D eigenvalue weighted by molar-refractivity contribution is 0.0800. The molecule has 8 heteroatoms. The Labute approximate surface area is 123 Å². The van der Waals surface area contributed by atoms with Gasteiger partial charge in [0.15, 0.2) is 11.6 Å². The lowest BCUT2D eigenvalue weighted by atomic mass is 10.0. The van der Waals surface area contributed by atoms with Crippen molar-refractivity contribution in [3.05, 3.63) is 23.8 Å². The van der Waals surface area contributed by atoms with E-state index in [1.807, 2.05) is 25.8 Å². The molecule has 0 bridgehead atoms. The van der Waals surface area contributed by atoms with Crippen molar-refractivity contribution in [1.82, 2.24) is 9.21 Å². The second-order valence-corrected chi connectivity index (χ2v) is 7.79. The zero-order valence-corrected chi connectivity index (χ0v) is 13.0. The maximum absolute atomic E-state index is 13.9. The molecular formula is C13H19F2N3O2S. The van der Waals surface area contributed by atoms with Gasteiger partial charge in [-0.25, -0.2) is 17.2 Å². The summed E-state index contributed by atoms with van der Waals surface area (Å²) in [6, 6.07) is 1.72. The molecular weight excluding hydrogens is 300 g/mol. The van der Waals surface area contributed by atoms with Crippen molar-refractivity contribution in [2.75, 3.05) is 32.4 Å². The molecule has 0 unspecified atom stereocenters. The summed E-state index contributed by atoms with van der Waals surface area (Å²) >= 11 is 0. The summed E-state index contributed by atoms with van der Waals surface area (Å²) in [4.78, 5) is 1.32. The zero-order valence-electron chi connectivity index (χ0n) is 12.2. The number of hydrogen-bond donors (Lipinski definition) is 1. The molecule has 1 aromatic rings. The second kappa shape index (κ2) is 5.19. The van der Waals surface area contributed by atoms with Gasteiger partial charge in [-0.15, -0.1) is 0 Å². The van der Waals surface area contributed by atoms with Gasteiger partial charge < -0.3 is 5.73 Å².